The van der Waals surface area contributed by atoms with Crippen molar-refractivity contribution in [3.63, 3.8) is 0 Å². The van der Waals surface area contributed by atoms with Crippen molar-refractivity contribution in [3.05, 3.63) is 21.9 Å². The van der Waals surface area contributed by atoms with E-state index in [9.17, 15) is 4.79 Å². The summed E-state index contributed by atoms with van der Waals surface area (Å²) < 4.78 is 1.06. The van der Waals surface area contributed by atoms with Crippen LogP contribution in [0.4, 0.5) is 5.82 Å². The number of carbonyl (C=O) groups is 1. The molecule has 0 aliphatic heterocycles. The van der Waals surface area contributed by atoms with Crippen molar-refractivity contribution in [1.82, 2.24) is 4.98 Å². The largest absolute Gasteiger partial charge is 0.481 e. The molecule has 0 aliphatic rings. The van der Waals surface area contributed by atoms with Gasteiger partial charge in [0.2, 0.25) is 0 Å². The fourth-order valence-corrected chi connectivity index (χ4v) is 1.10. The van der Waals surface area contributed by atoms with Gasteiger partial charge >= 0.3 is 5.97 Å². The molecule has 0 aliphatic carbocycles. The van der Waals surface area contributed by atoms with Crippen LogP contribution in [-0.4, -0.2) is 22.6 Å². The highest BCUT2D eigenvalue weighted by atomic mass is 127. The quantitative estimate of drug-likeness (QED) is 0.827. The zero-order chi connectivity index (χ0) is 9.68. The third-order valence-corrected chi connectivity index (χ3v) is 2.01. The Balaban J connectivity index is 2.37. The molecule has 2 N–H and O–H groups in total. The molecule has 13 heavy (non-hydrogen) atoms. The Labute approximate surface area is 89.5 Å². The van der Waals surface area contributed by atoms with Crippen LogP contribution in [0.25, 0.3) is 0 Å². The zero-order valence-electron chi connectivity index (χ0n) is 6.83. The van der Waals surface area contributed by atoms with Gasteiger partial charge in [0.1, 0.15) is 5.82 Å². The molecule has 0 atom stereocenters. The van der Waals surface area contributed by atoms with Crippen LogP contribution in [0.2, 0.25) is 0 Å². The number of aliphatic carboxylic acids is 1. The SMILES string of the molecule is O=C(O)CCNc1ccc(I)cn1. The van der Waals surface area contributed by atoms with Gasteiger partial charge in [0, 0.05) is 16.3 Å². The Morgan fingerprint density at radius 1 is 1.62 bits per heavy atom. The van der Waals surface area contributed by atoms with E-state index in [4.69, 9.17) is 5.11 Å². The van der Waals surface area contributed by atoms with E-state index in [0.717, 1.165) is 3.57 Å². The fraction of sp³-hybridized carbons (Fsp3) is 0.250. The minimum atomic E-state index is -0.807. The van der Waals surface area contributed by atoms with Gasteiger partial charge < -0.3 is 10.4 Å². The van der Waals surface area contributed by atoms with Gasteiger partial charge in [0.25, 0.3) is 0 Å². The molecular formula is C8H9IN2O2. The lowest BCUT2D eigenvalue weighted by atomic mass is 10.4. The van der Waals surface area contributed by atoms with E-state index < -0.39 is 5.97 Å². The number of halogens is 1. The Hall–Kier alpha value is -0.850. The molecule has 0 spiro atoms. The average molecular weight is 292 g/mol. The van der Waals surface area contributed by atoms with Crippen LogP contribution in [0.5, 0.6) is 0 Å². The standard InChI is InChI=1S/C8H9IN2O2/c9-6-1-2-7(11-5-6)10-4-3-8(12)13/h1-2,5H,3-4H2,(H,10,11)(H,12,13). The van der Waals surface area contributed by atoms with Crippen LogP contribution in [0.1, 0.15) is 6.42 Å². The van der Waals surface area contributed by atoms with E-state index in [1.165, 1.54) is 0 Å². The number of pyridine rings is 1. The molecule has 0 saturated carbocycles. The summed E-state index contributed by atoms with van der Waals surface area (Å²) >= 11 is 2.16. The summed E-state index contributed by atoms with van der Waals surface area (Å²) in [6.07, 6.45) is 1.83. The lowest BCUT2D eigenvalue weighted by molar-refractivity contribution is -0.136. The molecule has 0 fully saturated rings. The van der Waals surface area contributed by atoms with Crippen LogP contribution in [0.15, 0.2) is 18.3 Å². The Morgan fingerprint density at radius 2 is 2.38 bits per heavy atom. The number of anilines is 1. The van der Waals surface area contributed by atoms with E-state index in [2.05, 4.69) is 32.9 Å². The van der Waals surface area contributed by atoms with Crippen molar-refractivity contribution in [2.24, 2.45) is 0 Å². The molecule has 1 heterocycles. The number of carboxylic acid groups (broad SMARTS) is 1. The van der Waals surface area contributed by atoms with Gasteiger partial charge in [-0.3, -0.25) is 4.79 Å². The first-order valence-electron chi connectivity index (χ1n) is 3.75. The molecule has 0 amide bonds. The number of aromatic nitrogens is 1. The summed E-state index contributed by atoms with van der Waals surface area (Å²) in [6.45, 7) is 0.406. The summed E-state index contributed by atoms with van der Waals surface area (Å²) in [4.78, 5) is 14.2. The first kappa shape index (κ1) is 10.2. The average Bonchev–Trinajstić information content (AvgIpc) is 2.08. The number of hydrogen-bond acceptors (Lipinski definition) is 3. The smallest absolute Gasteiger partial charge is 0.305 e. The van der Waals surface area contributed by atoms with Gasteiger partial charge in [-0.15, -0.1) is 0 Å². The van der Waals surface area contributed by atoms with Crippen LogP contribution in [0.3, 0.4) is 0 Å². The third-order valence-electron chi connectivity index (χ3n) is 1.37. The van der Waals surface area contributed by atoms with Crippen molar-refractivity contribution in [3.8, 4) is 0 Å². The van der Waals surface area contributed by atoms with Crippen molar-refractivity contribution in [1.29, 1.82) is 0 Å². The highest BCUT2D eigenvalue weighted by Gasteiger charge is 1.96. The molecule has 0 radical (unpaired) electrons. The molecule has 1 rings (SSSR count). The minimum absolute atomic E-state index is 0.105. The predicted octanol–water partition coefficient (Wildman–Crippen LogP) is 1.57. The van der Waals surface area contributed by atoms with Crippen LogP contribution >= 0.6 is 22.6 Å². The maximum atomic E-state index is 10.2. The Kier molecular flexibility index (Phi) is 3.94. The maximum absolute atomic E-state index is 10.2. The normalized spacial score (nSPS) is 9.62. The third kappa shape index (κ3) is 4.07. The van der Waals surface area contributed by atoms with E-state index >= 15 is 0 Å². The number of nitrogens with zero attached hydrogens (tertiary/aromatic N) is 1. The van der Waals surface area contributed by atoms with Crippen LogP contribution in [-0.2, 0) is 4.79 Å². The maximum Gasteiger partial charge on any atom is 0.305 e. The molecule has 1 aromatic heterocycles. The number of rotatable bonds is 4. The van der Waals surface area contributed by atoms with E-state index in [-0.39, 0.29) is 6.42 Å². The summed E-state index contributed by atoms with van der Waals surface area (Å²) in [5.74, 6) is -0.0975. The second kappa shape index (κ2) is 5.00. The summed E-state index contributed by atoms with van der Waals surface area (Å²) in [6, 6.07) is 3.74. The molecule has 70 valence electrons. The molecule has 0 bridgehead atoms. The molecule has 0 unspecified atom stereocenters. The fourth-order valence-electron chi connectivity index (χ4n) is 0.778. The van der Waals surface area contributed by atoms with Crippen molar-refractivity contribution < 1.29 is 9.90 Å². The first-order valence-corrected chi connectivity index (χ1v) is 4.83. The summed E-state index contributed by atoms with van der Waals surface area (Å²) in [7, 11) is 0. The van der Waals surface area contributed by atoms with E-state index in [1.807, 2.05) is 12.1 Å². The molecular weight excluding hydrogens is 283 g/mol. The van der Waals surface area contributed by atoms with Gasteiger partial charge in [0.05, 0.1) is 6.42 Å². The topological polar surface area (TPSA) is 62.2 Å². The van der Waals surface area contributed by atoms with E-state index in [1.54, 1.807) is 6.20 Å². The second-order valence-electron chi connectivity index (χ2n) is 2.43. The number of hydrogen-bond donors (Lipinski definition) is 2. The molecule has 5 heteroatoms. The zero-order valence-corrected chi connectivity index (χ0v) is 8.98. The van der Waals surface area contributed by atoms with Gasteiger partial charge in [-0.05, 0) is 34.7 Å². The molecule has 1 aromatic rings. The molecule has 0 saturated heterocycles. The minimum Gasteiger partial charge on any atom is -0.481 e. The highest BCUT2D eigenvalue weighted by molar-refractivity contribution is 14.1. The van der Waals surface area contributed by atoms with Crippen LogP contribution in [0, 0.1) is 3.57 Å². The highest BCUT2D eigenvalue weighted by Crippen LogP contribution is 2.06. The number of carboxylic acids is 1. The predicted molar refractivity (Wildman–Crippen MR) is 57.7 cm³/mol. The van der Waals surface area contributed by atoms with Crippen molar-refractivity contribution in [2.45, 2.75) is 6.42 Å². The van der Waals surface area contributed by atoms with Crippen LogP contribution < -0.4 is 5.32 Å². The van der Waals surface area contributed by atoms with Gasteiger partial charge in [-0.25, -0.2) is 4.98 Å². The Morgan fingerprint density at radius 3 is 2.92 bits per heavy atom. The van der Waals surface area contributed by atoms with Gasteiger partial charge in [-0.1, -0.05) is 0 Å². The first-order chi connectivity index (χ1) is 6.18. The summed E-state index contributed by atoms with van der Waals surface area (Å²) in [5, 5.41) is 11.3. The Bertz CT molecular complexity index is 287. The van der Waals surface area contributed by atoms with Crippen molar-refractivity contribution >= 4 is 34.4 Å². The summed E-state index contributed by atoms with van der Waals surface area (Å²) in [5.41, 5.74) is 0. The van der Waals surface area contributed by atoms with Gasteiger partial charge in [-0.2, -0.15) is 0 Å². The molecule has 0 aromatic carbocycles. The van der Waals surface area contributed by atoms with Crippen molar-refractivity contribution in [2.75, 3.05) is 11.9 Å². The molecule has 4 nitrogen and oxygen atoms in total. The van der Waals surface area contributed by atoms with E-state index in [0.29, 0.717) is 12.4 Å². The number of nitrogens with one attached hydrogen (secondary N) is 1. The monoisotopic (exact) mass is 292 g/mol. The second-order valence-corrected chi connectivity index (χ2v) is 3.68. The lowest BCUT2D eigenvalue weighted by Gasteiger charge is -2.02. The lowest BCUT2D eigenvalue weighted by Crippen LogP contribution is -2.08. The van der Waals surface area contributed by atoms with Gasteiger partial charge in [0.15, 0.2) is 0 Å².